The maximum atomic E-state index is 12.7. The average molecular weight is 836 g/mol. The molecule has 0 radical (unpaired) electrons. The first-order chi connectivity index (χ1) is 28.0. The fourth-order valence-electron chi connectivity index (χ4n) is 5.87. The molecule has 0 aromatic carbocycles. The molecule has 0 N–H and O–H groups in total. The number of carbonyl (C=O) groups excluding carboxylic acids is 2. The number of hydrogen-bond donors (Lipinski definition) is 0. The van der Waals surface area contributed by atoms with E-state index in [1.165, 1.54) is 70.6 Å². The Hall–Kier alpha value is -2.29. The zero-order chi connectivity index (χ0) is 42.8. The van der Waals surface area contributed by atoms with Crippen molar-refractivity contribution in [2.75, 3.05) is 47.5 Å². The molecule has 336 valence electrons. The third-order valence-electron chi connectivity index (χ3n) is 9.51. The van der Waals surface area contributed by atoms with E-state index in [1.54, 1.807) is 0 Å². The maximum Gasteiger partial charge on any atom is 0.306 e. The van der Waals surface area contributed by atoms with E-state index in [9.17, 15) is 19.0 Å². The zero-order valence-corrected chi connectivity index (χ0v) is 38.6. The summed E-state index contributed by atoms with van der Waals surface area (Å²) in [6, 6.07) is 0. The molecule has 2 atom stereocenters. The minimum Gasteiger partial charge on any atom is -0.756 e. The van der Waals surface area contributed by atoms with Gasteiger partial charge in [-0.25, -0.2) is 0 Å². The number of allylic oxidation sites excluding steroid dienone is 10. The molecule has 1 unspecified atom stereocenters. The van der Waals surface area contributed by atoms with Gasteiger partial charge in [-0.3, -0.25) is 14.2 Å². The van der Waals surface area contributed by atoms with E-state index in [1.807, 2.05) is 21.1 Å². The maximum absolute atomic E-state index is 12.7. The number of esters is 2. The highest BCUT2D eigenvalue weighted by Gasteiger charge is 2.21. The van der Waals surface area contributed by atoms with Gasteiger partial charge in [0, 0.05) is 12.8 Å². The molecule has 0 aliphatic rings. The van der Waals surface area contributed by atoms with E-state index in [4.69, 9.17) is 18.5 Å². The van der Waals surface area contributed by atoms with Gasteiger partial charge in [0.2, 0.25) is 0 Å². The van der Waals surface area contributed by atoms with Gasteiger partial charge in [0.15, 0.2) is 6.10 Å². The first-order valence-electron chi connectivity index (χ1n) is 23.0. The van der Waals surface area contributed by atoms with Gasteiger partial charge >= 0.3 is 11.9 Å². The molecule has 9 nitrogen and oxygen atoms in total. The molecule has 0 saturated heterocycles. The monoisotopic (exact) mass is 836 g/mol. The number of phosphoric ester groups is 1. The summed E-state index contributed by atoms with van der Waals surface area (Å²) in [4.78, 5) is 37.6. The molecule has 0 aliphatic carbocycles. The Balaban J connectivity index is 4.43. The Morgan fingerprint density at radius 3 is 1.45 bits per heavy atom. The second kappa shape index (κ2) is 40.1. The normalized spacial score (nSPS) is 14.1. The van der Waals surface area contributed by atoms with Crippen LogP contribution in [0.3, 0.4) is 0 Å². The Morgan fingerprint density at radius 2 is 0.931 bits per heavy atom. The van der Waals surface area contributed by atoms with Crippen molar-refractivity contribution >= 4 is 19.8 Å². The molecule has 0 saturated carbocycles. The number of likely N-dealkylation sites (N-methyl/N-ethyl adjacent to an activating group) is 1. The van der Waals surface area contributed by atoms with Gasteiger partial charge in [-0.1, -0.05) is 145 Å². The molecule has 58 heavy (non-hydrogen) atoms. The van der Waals surface area contributed by atoms with E-state index in [-0.39, 0.29) is 26.1 Å². The van der Waals surface area contributed by atoms with Crippen molar-refractivity contribution in [1.29, 1.82) is 0 Å². The lowest BCUT2D eigenvalue weighted by atomic mass is 10.1. The van der Waals surface area contributed by atoms with E-state index in [0.29, 0.717) is 23.9 Å². The molecule has 0 fully saturated rings. The Bertz CT molecular complexity index is 1170. The van der Waals surface area contributed by atoms with E-state index >= 15 is 0 Å². The van der Waals surface area contributed by atoms with Crippen molar-refractivity contribution in [2.24, 2.45) is 0 Å². The molecule has 10 heteroatoms. The highest BCUT2D eigenvalue weighted by Crippen LogP contribution is 2.38. The lowest BCUT2D eigenvalue weighted by Crippen LogP contribution is -2.37. The molecule has 0 heterocycles. The Kier molecular flexibility index (Phi) is 38.5. The van der Waals surface area contributed by atoms with Crippen LogP contribution in [-0.2, 0) is 32.7 Å². The smallest absolute Gasteiger partial charge is 0.306 e. The summed E-state index contributed by atoms with van der Waals surface area (Å²) in [5.74, 6) is -0.883. The van der Waals surface area contributed by atoms with Crippen LogP contribution in [0.5, 0.6) is 0 Å². The van der Waals surface area contributed by atoms with Crippen LogP contribution in [0.15, 0.2) is 60.8 Å². The summed E-state index contributed by atoms with van der Waals surface area (Å²) in [7, 11) is 1.13. The predicted octanol–water partition coefficient (Wildman–Crippen LogP) is 12.6. The van der Waals surface area contributed by atoms with Crippen molar-refractivity contribution in [1.82, 2.24) is 0 Å². The topological polar surface area (TPSA) is 111 Å². The number of unbranched alkanes of at least 4 members (excludes halogenated alkanes) is 17. The molecule has 0 bridgehead atoms. The number of carbonyl (C=O) groups is 2. The van der Waals surface area contributed by atoms with Crippen LogP contribution in [-0.4, -0.2) is 70.0 Å². The number of rotatable bonds is 41. The van der Waals surface area contributed by atoms with Crippen LogP contribution in [0.4, 0.5) is 0 Å². The van der Waals surface area contributed by atoms with Gasteiger partial charge in [-0.15, -0.1) is 0 Å². The lowest BCUT2D eigenvalue weighted by molar-refractivity contribution is -0.870. The summed E-state index contributed by atoms with van der Waals surface area (Å²) in [5, 5.41) is 0. The molecule has 0 amide bonds. The van der Waals surface area contributed by atoms with Gasteiger partial charge in [-0.05, 0) is 83.5 Å². The SMILES string of the molecule is CCCCC/C=C/C/C=C/C/C=C/C/C=C/CCCCCC(=O)O[C@H](COC(=O)CCCCCCC/C=C/CCCCCCCC)COP(=O)([O-])OCC[N+](C)(C)C. The first-order valence-corrected chi connectivity index (χ1v) is 24.5. The third-order valence-corrected chi connectivity index (χ3v) is 10.5. The predicted molar refractivity (Wildman–Crippen MR) is 240 cm³/mol. The summed E-state index contributed by atoms with van der Waals surface area (Å²) in [5.41, 5.74) is 0. The number of hydrogen-bond acceptors (Lipinski definition) is 8. The van der Waals surface area contributed by atoms with Crippen LogP contribution >= 0.6 is 7.82 Å². The molecule has 0 rings (SSSR count). The van der Waals surface area contributed by atoms with Gasteiger partial charge in [0.25, 0.3) is 7.82 Å². The Labute approximate surface area is 356 Å². The first kappa shape index (κ1) is 55.7. The van der Waals surface area contributed by atoms with Gasteiger partial charge in [0.05, 0.1) is 27.7 Å². The van der Waals surface area contributed by atoms with Gasteiger partial charge in [0.1, 0.15) is 19.8 Å². The number of quaternary nitrogens is 1. The molecular weight excluding hydrogens is 750 g/mol. The standard InChI is InChI=1S/C48H86NO8P/c1-6-8-10-12-14-16-18-20-22-23-24-25-27-29-31-33-35-37-39-41-48(51)57-46(45-56-58(52,53)55-43-42-49(3,4)5)44-54-47(50)40-38-36-34-32-30-28-26-21-19-17-15-13-11-9-7-2/h14,16,20-22,24-26,29,31,46H,6-13,15,17-19,23,27-28,30,32-45H2,1-5H3/b16-14+,22-20+,25-24+,26-21+,31-29+/t46-/m1/s1. The fourth-order valence-corrected chi connectivity index (χ4v) is 6.60. The van der Waals surface area contributed by atoms with Crippen LogP contribution in [0.1, 0.15) is 181 Å². The van der Waals surface area contributed by atoms with Crippen LogP contribution in [0.25, 0.3) is 0 Å². The van der Waals surface area contributed by atoms with Gasteiger partial charge in [-0.2, -0.15) is 0 Å². The van der Waals surface area contributed by atoms with Crippen LogP contribution in [0, 0.1) is 0 Å². The van der Waals surface area contributed by atoms with Gasteiger partial charge < -0.3 is 27.9 Å². The van der Waals surface area contributed by atoms with Crippen molar-refractivity contribution in [2.45, 2.75) is 187 Å². The summed E-state index contributed by atoms with van der Waals surface area (Å²) in [6.45, 7) is 4.14. The number of nitrogens with zero attached hydrogens (tertiary/aromatic N) is 1. The average Bonchev–Trinajstić information content (AvgIpc) is 3.17. The minimum absolute atomic E-state index is 0.0409. The molecule has 0 aliphatic heterocycles. The molecular formula is C48H86NO8P. The zero-order valence-electron chi connectivity index (χ0n) is 37.7. The second-order valence-corrected chi connectivity index (χ2v) is 17.8. The fraction of sp³-hybridized carbons (Fsp3) is 0.750. The lowest BCUT2D eigenvalue weighted by Gasteiger charge is -2.28. The van der Waals surface area contributed by atoms with Crippen molar-refractivity contribution in [3.05, 3.63) is 60.8 Å². The number of phosphoric acid groups is 1. The third kappa shape index (κ3) is 43.3. The molecule has 0 spiro atoms. The quantitative estimate of drug-likeness (QED) is 0.0197. The van der Waals surface area contributed by atoms with E-state index < -0.39 is 32.5 Å². The highest BCUT2D eigenvalue weighted by atomic mass is 31.2. The van der Waals surface area contributed by atoms with Crippen LogP contribution < -0.4 is 4.89 Å². The van der Waals surface area contributed by atoms with Crippen molar-refractivity contribution in [3.8, 4) is 0 Å². The molecule has 0 aromatic rings. The van der Waals surface area contributed by atoms with E-state index in [2.05, 4.69) is 74.6 Å². The van der Waals surface area contributed by atoms with Crippen molar-refractivity contribution in [3.63, 3.8) is 0 Å². The van der Waals surface area contributed by atoms with E-state index in [0.717, 1.165) is 70.6 Å². The second-order valence-electron chi connectivity index (χ2n) is 16.4. The highest BCUT2D eigenvalue weighted by molar-refractivity contribution is 7.45. The summed E-state index contributed by atoms with van der Waals surface area (Å²) in [6.07, 6.45) is 48.1. The Morgan fingerprint density at radius 1 is 0.534 bits per heavy atom. The number of ether oxygens (including phenoxy) is 2. The largest absolute Gasteiger partial charge is 0.756 e. The summed E-state index contributed by atoms with van der Waals surface area (Å²) < 4.78 is 33.9. The van der Waals surface area contributed by atoms with Crippen molar-refractivity contribution < 1.29 is 42.1 Å². The molecule has 0 aromatic heterocycles. The summed E-state index contributed by atoms with van der Waals surface area (Å²) >= 11 is 0. The minimum atomic E-state index is -4.64. The van der Waals surface area contributed by atoms with Crippen LogP contribution in [0.2, 0.25) is 0 Å².